The number of rotatable bonds is 8. The van der Waals surface area contributed by atoms with Gasteiger partial charge in [0.2, 0.25) is 0 Å². The highest BCUT2D eigenvalue weighted by molar-refractivity contribution is 5.85. The van der Waals surface area contributed by atoms with Gasteiger partial charge in [0.05, 0.1) is 13.4 Å². The second-order valence-electron chi connectivity index (χ2n) is 7.92. The van der Waals surface area contributed by atoms with Crippen LogP contribution in [0.3, 0.4) is 0 Å². The molecule has 0 radical (unpaired) electrons. The van der Waals surface area contributed by atoms with Gasteiger partial charge in [0.1, 0.15) is 24.8 Å². The topological polar surface area (TPSA) is 153 Å². The zero-order chi connectivity index (χ0) is 25.8. The molecule has 3 aromatic rings. The van der Waals surface area contributed by atoms with E-state index in [1.807, 2.05) is 18.2 Å². The van der Waals surface area contributed by atoms with E-state index in [0.717, 1.165) is 5.69 Å². The minimum atomic E-state index is -1.06. The molecule has 1 saturated heterocycles. The molecule has 4 unspecified atom stereocenters. The Labute approximate surface area is 205 Å². The smallest absolute Gasteiger partial charge is 0.303 e. The van der Waals surface area contributed by atoms with E-state index in [4.69, 9.17) is 23.7 Å². The zero-order valence-electron chi connectivity index (χ0n) is 20.0. The summed E-state index contributed by atoms with van der Waals surface area (Å²) in [6, 6.07) is 7.28. The lowest BCUT2D eigenvalue weighted by molar-refractivity contribution is -0.166. The summed E-state index contributed by atoms with van der Waals surface area (Å²) >= 11 is 0. The number of carbonyl (C=O) groups is 3. The molecule has 4 rings (SSSR count). The average Bonchev–Trinajstić information content (AvgIpc) is 3.39. The van der Waals surface area contributed by atoms with E-state index in [1.54, 1.807) is 17.7 Å². The van der Waals surface area contributed by atoms with Crippen molar-refractivity contribution >= 4 is 40.6 Å². The van der Waals surface area contributed by atoms with Gasteiger partial charge < -0.3 is 29.0 Å². The number of imidazole rings is 1. The Morgan fingerprint density at radius 2 is 1.78 bits per heavy atom. The monoisotopic (exact) mass is 499 g/mol. The molecule has 36 heavy (non-hydrogen) atoms. The third kappa shape index (κ3) is 5.35. The Balaban J connectivity index is 1.70. The Kier molecular flexibility index (Phi) is 7.29. The minimum absolute atomic E-state index is 0.216. The molecular formula is C23H25N5O8. The Morgan fingerprint density at radius 1 is 1.03 bits per heavy atom. The molecule has 1 aromatic carbocycles. The molecule has 1 N–H and O–H groups in total. The standard InChI is InChI=1S/C23H25N5O8/c1-12(29)33-9-17-19(34-13(2)30)20(35-14(3)31)23(36-17)28-11-26-18-21(24-10-25-22(18)28)27-15-6-5-7-16(8-15)32-4/h5-8,10-11,17,19-20,23H,9H2,1-4H3,(H,24,25,27). The number of anilines is 2. The van der Waals surface area contributed by atoms with Crippen molar-refractivity contribution in [2.45, 2.75) is 45.3 Å². The quantitative estimate of drug-likeness (QED) is 0.356. The van der Waals surface area contributed by atoms with E-state index < -0.39 is 42.4 Å². The Bertz CT molecular complexity index is 1280. The number of ether oxygens (including phenoxy) is 5. The van der Waals surface area contributed by atoms with Gasteiger partial charge in [-0.3, -0.25) is 19.0 Å². The number of nitrogens with zero attached hydrogens (tertiary/aromatic N) is 4. The highest BCUT2D eigenvalue weighted by atomic mass is 16.7. The predicted molar refractivity (Wildman–Crippen MR) is 123 cm³/mol. The van der Waals surface area contributed by atoms with Crippen molar-refractivity contribution < 1.29 is 38.1 Å². The fourth-order valence-electron chi connectivity index (χ4n) is 3.88. The molecule has 0 amide bonds. The third-order valence-electron chi connectivity index (χ3n) is 5.31. The van der Waals surface area contributed by atoms with Crippen molar-refractivity contribution in [3.05, 3.63) is 36.9 Å². The van der Waals surface area contributed by atoms with Crippen molar-refractivity contribution in [3.8, 4) is 5.75 Å². The number of hydrogen-bond donors (Lipinski definition) is 1. The van der Waals surface area contributed by atoms with E-state index >= 15 is 0 Å². The van der Waals surface area contributed by atoms with Crippen molar-refractivity contribution in [2.24, 2.45) is 0 Å². The van der Waals surface area contributed by atoms with Crippen LogP contribution in [0.1, 0.15) is 27.0 Å². The minimum Gasteiger partial charge on any atom is -0.497 e. The summed E-state index contributed by atoms with van der Waals surface area (Å²) in [7, 11) is 1.57. The molecule has 3 heterocycles. The molecule has 1 aliphatic heterocycles. The third-order valence-corrected chi connectivity index (χ3v) is 5.31. The summed E-state index contributed by atoms with van der Waals surface area (Å²) in [5.41, 5.74) is 1.50. The molecule has 0 aliphatic carbocycles. The summed E-state index contributed by atoms with van der Waals surface area (Å²) in [6.07, 6.45) is -1.18. The molecule has 13 nitrogen and oxygen atoms in total. The normalized spacial score (nSPS) is 21.1. The fourth-order valence-corrected chi connectivity index (χ4v) is 3.88. The van der Waals surface area contributed by atoms with Gasteiger partial charge in [-0.15, -0.1) is 0 Å². The van der Waals surface area contributed by atoms with Crippen LogP contribution in [0.4, 0.5) is 11.5 Å². The second kappa shape index (κ2) is 10.6. The molecule has 0 saturated carbocycles. The first kappa shape index (κ1) is 24.9. The van der Waals surface area contributed by atoms with Gasteiger partial charge >= 0.3 is 17.9 Å². The second-order valence-corrected chi connectivity index (χ2v) is 7.92. The summed E-state index contributed by atoms with van der Waals surface area (Å²) in [5.74, 6) is -0.686. The number of aromatic nitrogens is 4. The first-order valence-electron chi connectivity index (χ1n) is 11.0. The van der Waals surface area contributed by atoms with E-state index in [1.165, 1.54) is 33.4 Å². The summed E-state index contributed by atoms with van der Waals surface area (Å²) in [4.78, 5) is 48.2. The maximum absolute atomic E-state index is 11.9. The summed E-state index contributed by atoms with van der Waals surface area (Å²) < 4.78 is 28.9. The van der Waals surface area contributed by atoms with E-state index in [-0.39, 0.29) is 6.61 Å². The number of nitrogens with one attached hydrogen (secondary N) is 1. The van der Waals surface area contributed by atoms with E-state index in [0.29, 0.717) is 22.7 Å². The van der Waals surface area contributed by atoms with Gasteiger partial charge in [-0.05, 0) is 12.1 Å². The average molecular weight is 499 g/mol. The van der Waals surface area contributed by atoms with Gasteiger partial charge in [-0.1, -0.05) is 6.07 Å². The predicted octanol–water partition coefficient (Wildman–Crippen LogP) is 1.90. The number of methoxy groups -OCH3 is 1. The van der Waals surface area contributed by atoms with Crippen LogP contribution >= 0.6 is 0 Å². The van der Waals surface area contributed by atoms with Crippen LogP contribution in [0, 0.1) is 0 Å². The number of hydrogen-bond acceptors (Lipinski definition) is 12. The largest absolute Gasteiger partial charge is 0.497 e. The van der Waals surface area contributed by atoms with Crippen LogP contribution in [0.2, 0.25) is 0 Å². The van der Waals surface area contributed by atoms with Gasteiger partial charge in [0, 0.05) is 32.5 Å². The lowest BCUT2D eigenvalue weighted by atomic mass is 10.1. The van der Waals surface area contributed by atoms with E-state index in [2.05, 4.69) is 20.3 Å². The summed E-state index contributed by atoms with van der Waals surface area (Å²) in [5, 5.41) is 3.19. The summed E-state index contributed by atoms with van der Waals surface area (Å²) in [6.45, 7) is 3.48. The lowest BCUT2D eigenvalue weighted by Gasteiger charge is -2.23. The SMILES string of the molecule is COc1cccc(Nc2ncnc3c2ncn3C2OC(COC(C)=O)C(OC(C)=O)C2OC(C)=O)c1. The van der Waals surface area contributed by atoms with Crippen LogP contribution in [0.5, 0.6) is 5.75 Å². The molecule has 1 fully saturated rings. The highest BCUT2D eigenvalue weighted by Crippen LogP contribution is 2.36. The number of carbonyl (C=O) groups excluding carboxylic acids is 3. The van der Waals surface area contributed by atoms with Crippen molar-refractivity contribution in [3.63, 3.8) is 0 Å². The fraction of sp³-hybridized carbons (Fsp3) is 0.391. The van der Waals surface area contributed by atoms with Crippen LogP contribution in [0.15, 0.2) is 36.9 Å². The van der Waals surface area contributed by atoms with Crippen LogP contribution < -0.4 is 10.1 Å². The maximum atomic E-state index is 11.9. The van der Waals surface area contributed by atoms with Crippen LogP contribution in [-0.2, 0) is 33.3 Å². The molecule has 1 aliphatic rings. The molecule has 2 aromatic heterocycles. The van der Waals surface area contributed by atoms with Crippen LogP contribution in [-0.4, -0.2) is 69.5 Å². The first-order valence-corrected chi connectivity index (χ1v) is 11.0. The van der Waals surface area contributed by atoms with Gasteiger partial charge in [-0.25, -0.2) is 15.0 Å². The van der Waals surface area contributed by atoms with Gasteiger partial charge in [0.25, 0.3) is 0 Å². The number of fused-ring (bicyclic) bond motifs is 1. The molecule has 13 heteroatoms. The van der Waals surface area contributed by atoms with Crippen molar-refractivity contribution in [1.82, 2.24) is 19.5 Å². The van der Waals surface area contributed by atoms with Crippen molar-refractivity contribution in [1.29, 1.82) is 0 Å². The highest BCUT2D eigenvalue weighted by Gasteiger charge is 2.51. The number of esters is 3. The first-order chi connectivity index (χ1) is 17.3. The maximum Gasteiger partial charge on any atom is 0.303 e. The molecular weight excluding hydrogens is 474 g/mol. The lowest BCUT2D eigenvalue weighted by Crippen LogP contribution is -2.40. The van der Waals surface area contributed by atoms with E-state index in [9.17, 15) is 14.4 Å². The van der Waals surface area contributed by atoms with Gasteiger partial charge in [0.15, 0.2) is 35.4 Å². The molecule has 4 atom stereocenters. The molecule has 0 spiro atoms. The van der Waals surface area contributed by atoms with Crippen LogP contribution in [0.25, 0.3) is 11.2 Å². The zero-order valence-corrected chi connectivity index (χ0v) is 20.0. The molecule has 0 bridgehead atoms. The Morgan fingerprint density at radius 3 is 2.47 bits per heavy atom. The Hall–Kier alpha value is -4.26. The van der Waals surface area contributed by atoms with Crippen molar-refractivity contribution in [2.75, 3.05) is 19.0 Å². The van der Waals surface area contributed by atoms with Gasteiger partial charge in [-0.2, -0.15) is 0 Å². The molecule has 190 valence electrons. The number of benzene rings is 1.